The number of thiocarbonyl (C=S) groups is 1. The van der Waals surface area contributed by atoms with Crippen LogP contribution < -0.4 is 15.0 Å². The molecule has 152 valence electrons. The van der Waals surface area contributed by atoms with Gasteiger partial charge in [-0.1, -0.05) is 58.4 Å². The summed E-state index contributed by atoms with van der Waals surface area (Å²) >= 11 is 29.8. The van der Waals surface area contributed by atoms with E-state index >= 15 is 0 Å². The van der Waals surface area contributed by atoms with Crippen molar-refractivity contribution in [3.63, 3.8) is 0 Å². The van der Waals surface area contributed by atoms with Crippen LogP contribution in [0.4, 0.5) is 5.69 Å². The van der Waals surface area contributed by atoms with Crippen molar-refractivity contribution in [3.8, 4) is 18.1 Å². The van der Waals surface area contributed by atoms with E-state index in [9.17, 15) is 9.59 Å². The number of anilines is 1. The third-order valence-corrected chi connectivity index (χ3v) is 5.56. The highest BCUT2D eigenvalue weighted by atomic mass is 35.5. The van der Waals surface area contributed by atoms with Crippen LogP contribution in [0.15, 0.2) is 35.9 Å². The molecule has 1 fully saturated rings. The van der Waals surface area contributed by atoms with E-state index in [1.807, 2.05) is 0 Å². The zero-order valence-electron chi connectivity index (χ0n) is 14.8. The van der Waals surface area contributed by atoms with Crippen LogP contribution in [0.3, 0.4) is 0 Å². The third-order valence-electron chi connectivity index (χ3n) is 3.91. The average molecular weight is 500 g/mol. The van der Waals surface area contributed by atoms with Crippen LogP contribution in [0.1, 0.15) is 5.56 Å². The van der Waals surface area contributed by atoms with Crippen molar-refractivity contribution in [3.05, 3.63) is 61.6 Å². The molecule has 0 radical (unpaired) electrons. The number of hydrogen-bond acceptors (Lipinski definition) is 4. The Morgan fingerprint density at radius 3 is 2.43 bits per heavy atom. The average Bonchev–Trinajstić information content (AvgIpc) is 2.67. The summed E-state index contributed by atoms with van der Waals surface area (Å²) in [7, 11) is 0. The number of ether oxygens (including phenoxy) is 1. The second-order valence-corrected chi connectivity index (χ2v) is 7.82. The van der Waals surface area contributed by atoms with E-state index in [0.29, 0.717) is 5.56 Å². The summed E-state index contributed by atoms with van der Waals surface area (Å²) in [4.78, 5) is 26.6. The molecule has 0 aromatic heterocycles. The molecule has 1 N–H and O–H groups in total. The fourth-order valence-corrected chi connectivity index (χ4v) is 3.89. The minimum atomic E-state index is -0.687. The molecule has 3 rings (SSSR count). The molecule has 0 bridgehead atoms. The van der Waals surface area contributed by atoms with Gasteiger partial charge in [-0.3, -0.25) is 19.8 Å². The summed E-state index contributed by atoms with van der Waals surface area (Å²) in [5, 5.41) is 3.01. The Labute approximate surface area is 197 Å². The second-order valence-electron chi connectivity index (χ2n) is 5.84. The number of rotatable bonds is 4. The van der Waals surface area contributed by atoms with Crippen molar-refractivity contribution >= 4 is 87.3 Å². The molecular weight excluding hydrogens is 490 g/mol. The molecule has 1 aliphatic rings. The summed E-state index contributed by atoms with van der Waals surface area (Å²) in [5.74, 6) is 1.14. The summed E-state index contributed by atoms with van der Waals surface area (Å²) in [5.41, 5.74) is 0.421. The van der Waals surface area contributed by atoms with Crippen LogP contribution in [-0.4, -0.2) is 23.5 Å². The van der Waals surface area contributed by atoms with Gasteiger partial charge in [0.1, 0.15) is 12.2 Å². The highest BCUT2D eigenvalue weighted by molar-refractivity contribution is 7.80. The van der Waals surface area contributed by atoms with E-state index in [4.69, 9.17) is 69.8 Å². The molecule has 0 unspecified atom stereocenters. The fraction of sp³-hybridized carbons (Fsp3) is 0.0500. The van der Waals surface area contributed by atoms with Crippen molar-refractivity contribution in [1.29, 1.82) is 0 Å². The van der Waals surface area contributed by atoms with E-state index in [2.05, 4.69) is 11.2 Å². The van der Waals surface area contributed by atoms with Gasteiger partial charge in [0.2, 0.25) is 0 Å². The molecule has 0 spiro atoms. The lowest BCUT2D eigenvalue weighted by molar-refractivity contribution is -0.122. The maximum Gasteiger partial charge on any atom is 0.270 e. The number of hydrogen-bond donors (Lipinski definition) is 1. The summed E-state index contributed by atoms with van der Waals surface area (Å²) in [6, 6.07) is 7.69. The van der Waals surface area contributed by atoms with Crippen LogP contribution in [0.5, 0.6) is 5.75 Å². The van der Waals surface area contributed by atoms with Crippen LogP contribution in [0, 0.1) is 12.3 Å². The first kappa shape index (κ1) is 22.4. The van der Waals surface area contributed by atoms with Crippen LogP contribution >= 0.6 is 58.6 Å². The Balaban J connectivity index is 2.03. The zero-order chi connectivity index (χ0) is 22.0. The third kappa shape index (κ3) is 4.41. The fourth-order valence-electron chi connectivity index (χ4n) is 2.62. The van der Waals surface area contributed by atoms with Gasteiger partial charge in [0, 0.05) is 0 Å². The quantitative estimate of drug-likeness (QED) is 0.274. The number of nitrogens with one attached hydrogen (secondary N) is 1. The minimum absolute atomic E-state index is 0.0203. The Morgan fingerprint density at radius 2 is 1.80 bits per heavy atom. The van der Waals surface area contributed by atoms with Gasteiger partial charge in [0.15, 0.2) is 10.9 Å². The number of amides is 2. The monoisotopic (exact) mass is 498 g/mol. The smallest absolute Gasteiger partial charge is 0.270 e. The lowest BCUT2D eigenvalue weighted by atomic mass is 10.1. The van der Waals surface area contributed by atoms with E-state index in [-0.39, 0.29) is 48.8 Å². The predicted octanol–water partition coefficient (Wildman–Crippen LogP) is 5.14. The number of terminal acetylenes is 1. The molecule has 0 saturated carbocycles. The Hall–Kier alpha value is -2.27. The van der Waals surface area contributed by atoms with Gasteiger partial charge in [-0.25, -0.2) is 0 Å². The van der Waals surface area contributed by atoms with E-state index < -0.39 is 11.8 Å². The number of benzene rings is 2. The molecule has 2 aromatic carbocycles. The molecule has 0 atom stereocenters. The summed E-state index contributed by atoms with van der Waals surface area (Å²) in [6.45, 7) is -0.0203. The first-order chi connectivity index (χ1) is 14.2. The predicted molar refractivity (Wildman–Crippen MR) is 123 cm³/mol. The topological polar surface area (TPSA) is 58.6 Å². The van der Waals surface area contributed by atoms with Gasteiger partial charge in [-0.2, -0.15) is 0 Å². The number of carbonyl (C=O) groups is 2. The first-order valence-corrected chi connectivity index (χ1v) is 10.1. The summed E-state index contributed by atoms with van der Waals surface area (Å²) < 4.78 is 5.30. The van der Waals surface area contributed by atoms with Crippen molar-refractivity contribution in [2.75, 3.05) is 11.5 Å². The van der Waals surface area contributed by atoms with Gasteiger partial charge in [0.05, 0.1) is 25.8 Å². The molecule has 1 saturated heterocycles. The maximum atomic E-state index is 13.1. The van der Waals surface area contributed by atoms with Crippen molar-refractivity contribution < 1.29 is 14.3 Å². The molecule has 30 heavy (non-hydrogen) atoms. The van der Waals surface area contributed by atoms with Crippen molar-refractivity contribution in [2.45, 2.75) is 0 Å². The SMILES string of the molecule is C#CCOc1c(Cl)cc(/C=C2\C(=O)NC(=S)N(c3cccc(Cl)c3Cl)C2=O)cc1Cl. The maximum absolute atomic E-state index is 13.1. The zero-order valence-corrected chi connectivity index (χ0v) is 18.7. The van der Waals surface area contributed by atoms with Crippen molar-refractivity contribution in [1.82, 2.24) is 5.32 Å². The highest BCUT2D eigenvalue weighted by Gasteiger charge is 2.35. The molecule has 10 heteroatoms. The van der Waals surface area contributed by atoms with Gasteiger partial charge in [-0.15, -0.1) is 6.42 Å². The highest BCUT2D eigenvalue weighted by Crippen LogP contribution is 2.36. The molecule has 0 aliphatic carbocycles. The summed E-state index contributed by atoms with van der Waals surface area (Å²) in [6.07, 6.45) is 6.49. The van der Waals surface area contributed by atoms with Gasteiger partial charge < -0.3 is 4.74 Å². The first-order valence-electron chi connectivity index (χ1n) is 8.15. The second kappa shape index (κ2) is 9.25. The molecule has 5 nitrogen and oxygen atoms in total. The van der Waals surface area contributed by atoms with Gasteiger partial charge in [0.25, 0.3) is 11.8 Å². The Kier molecular flexibility index (Phi) is 6.91. The number of nitrogens with zero attached hydrogens (tertiary/aromatic N) is 1. The van der Waals surface area contributed by atoms with Crippen molar-refractivity contribution in [2.24, 2.45) is 0 Å². The number of halogens is 4. The molecular formula is C20H10Cl4N2O3S. The van der Waals surface area contributed by atoms with Crippen LogP contribution in [0.2, 0.25) is 20.1 Å². The van der Waals surface area contributed by atoms with Gasteiger partial charge in [-0.05, 0) is 48.1 Å². The van der Waals surface area contributed by atoms with E-state index in [0.717, 1.165) is 4.90 Å². The Morgan fingerprint density at radius 1 is 1.13 bits per heavy atom. The van der Waals surface area contributed by atoms with Crippen LogP contribution in [0.25, 0.3) is 6.08 Å². The van der Waals surface area contributed by atoms with E-state index in [1.165, 1.54) is 18.2 Å². The Bertz CT molecular complexity index is 1130. The number of carbonyl (C=O) groups excluding carboxylic acids is 2. The normalized spacial score (nSPS) is 15.2. The lowest BCUT2D eigenvalue weighted by Gasteiger charge is -2.29. The lowest BCUT2D eigenvalue weighted by Crippen LogP contribution is -2.54. The molecule has 1 heterocycles. The minimum Gasteiger partial charge on any atom is -0.478 e. The molecule has 1 aliphatic heterocycles. The largest absolute Gasteiger partial charge is 0.478 e. The standard InChI is InChI=1S/C20H10Cl4N2O3S/c1-2-6-29-17-13(22)8-10(9-14(17)23)7-11-18(27)25-20(30)26(19(11)28)15-5-3-4-12(21)16(15)24/h1,3-5,7-9H,6H2,(H,25,27,30)/b11-7+. The molecule has 2 aromatic rings. The molecule has 2 amide bonds. The van der Waals surface area contributed by atoms with E-state index in [1.54, 1.807) is 18.2 Å². The van der Waals surface area contributed by atoms with Crippen LogP contribution in [-0.2, 0) is 9.59 Å². The van der Waals surface area contributed by atoms with Gasteiger partial charge >= 0.3 is 0 Å².